The molecule has 0 aliphatic rings. The van der Waals surface area contributed by atoms with Crippen molar-refractivity contribution in [2.75, 3.05) is 38.0 Å². The van der Waals surface area contributed by atoms with Gasteiger partial charge in [0.2, 0.25) is 0 Å². The monoisotopic (exact) mass is 312 g/mol. The minimum absolute atomic E-state index is 0.0119. The van der Waals surface area contributed by atoms with Crippen molar-refractivity contribution >= 4 is 23.1 Å². The molecule has 0 atom stereocenters. The fraction of sp³-hybridized carbons (Fsp3) is 0.222. The molecule has 23 heavy (non-hydrogen) atoms. The average Bonchev–Trinajstić information content (AvgIpc) is 2.53. The Kier molecular flexibility index (Phi) is 4.69. The Morgan fingerprint density at radius 2 is 1.30 bits per heavy atom. The molecule has 0 saturated carbocycles. The molecular weight excluding hydrogens is 292 g/mol. The van der Waals surface area contributed by atoms with Crippen LogP contribution in [0.4, 0.5) is 11.4 Å². The molecule has 0 bridgehead atoms. The molecular formula is C18H20N2O3. The molecule has 2 aromatic carbocycles. The number of benzene rings is 2. The lowest BCUT2D eigenvalue weighted by atomic mass is 9.97. The van der Waals surface area contributed by atoms with Crippen molar-refractivity contribution in [3.05, 3.63) is 59.2 Å². The SMILES string of the molecule is CN(C)c1ccc(C(=O)c2ccc(N(C)C)cc2C(=O)O)cc1. The molecule has 2 rings (SSSR count). The zero-order chi connectivity index (χ0) is 17.1. The molecule has 1 N–H and O–H groups in total. The van der Waals surface area contributed by atoms with E-state index in [0.717, 1.165) is 11.4 Å². The normalized spacial score (nSPS) is 10.3. The summed E-state index contributed by atoms with van der Waals surface area (Å²) in [7, 11) is 7.48. The van der Waals surface area contributed by atoms with E-state index in [2.05, 4.69) is 0 Å². The van der Waals surface area contributed by atoms with Crippen LogP contribution in [0.5, 0.6) is 0 Å². The molecule has 5 heteroatoms. The van der Waals surface area contributed by atoms with Gasteiger partial charge in [0.25, 0.3) is 0 Å². The third kappa shape index (κ3) is 3.51. The Balaban J connectivity index is 2.44. The van der Waals surface area contributed by atoms with Crippen LogP contribution in [0, 0.1) is 0 Å². The third-order valence-electron chi connectivity index (χ3n) is 3.64. The van der Waals surface area contributed by atoms with Crippen molar-refractivity contribution in [1.82, 2.24) is 0 Å². The fourth-order valence-electron chi connectivity index (χ4n) is 2.25. The summed E-state index contributed by atoms with van der Waals surface area (Å²) in [5.74, 6) is -1.40. The molecule has 0 fully saturated rings. The number of carboxylic acids is 1. The van der Waals surface area contributed by atoms with Crippen molar-refractivity contribution in [2.45, 2.75) is 0 Å². The maximum absolute atomic E-state index is 12.6. The zero-order valence-electron chi connectivity index (χ0n) is 13.7. The molecule has 2 aromatic rings. The van der Waals surface area contributed by atoms with Gasteiger partial charge in [0.1, 0.15) is 0 Å². The van der Waals surface area contributed by atoms with Crippen LogP contribution in [-0.4, -0.2) is 45.0 Å². The summed E-state index contributed by atoms with van der Waals surface area (Å²) in [5, 5.41) is 9.41. The molecule has 0 aromatic heterocycles. The average molecular weight is 312 g/mol. The number of carboxylic acid groups (broad SMARTS) is 1. The van der Waals surface area contributed by atoms with Gasteiger partial charge in [-0.05, 0) is 42.5 Å². The highest BCUT2D eigenvalue weighted by Gasteiger charge is 2.19. The summed E-state index contributed by atoms with van der Waals surface area (Å²) in [6, 6.07) is 11.9. The molecule has 0 aliphatic carbocycles. The Hall–Kier alpha value is -2.82. The van der Waals surface area contributed by atoms with E-state index in [9.17, 15) is 14.7 Å². The summed E-state index contributed by atoms with van der Waals surface area (Å²) >= 11 is 0. The Labute approximate surface area is 135 Å². The standard InChI is InChI=1S/C18H20N2O3/c1-19(2)13-7-5-12(6-8-13)17(21)15-10-9-14(20(3)4)11-16(15)18(22)23/h5-11H,1-4H3,(H,22,23). The van der Waals surface area contributed by atoms with Crippen LogP contribution in [0.3, 0.4) is 0 Å². The maximum Gasteiger partial charge on any atom is 0.336 e. The van der Waals surface area contributed by atoms with Gasteiger partial charge in [-0.25, -0.2) is 4.79 Å². The first-order valence-electron chi connectivity index (χ1n) is 7.18. The fourth-order valence-corrected chi connectivity index (χ4v) is 2.25. The molecule has 0 spiro atoms. The van der Waals surface area contributed by atoms with Crippen molar-refractivity contribution in [3.8, 4) is 0 Å². The first-order chi connectivity index (χ1) is 10.8. The number of hydrogen-bond donors (Lipinski definition) is 1. The van der Waals surface area contributed by atoms with Crippen molar-refractivity contribution in [3.63, 3.8) is 0 Å². The van der Waals surface area contributed by atoms with Gasteiger partial charge in [0.05, 0.1) is 5.56 Å². The highest BCUT2D eigenvalue weighted by Crippen LogP contribution is 2.22. The topological polar surface area (TPSA) is 60.9 Å². The van der Waals surface area contributed by atoms with Gasteiger partial charge in [-0.1, -0.05) is 0 Å². The van der Waals surface area contributed by atoms with Gasteiger partial charge < -0.3 is 14.9 Å². The minimum Gasteiger partial charge on any atom is -0.478 e. The van der Waals surface area contributed by atoms with Crippen LogP contribution in [-0.2, 0) is 0 Å². The molecule has 120 valence electrons. The van der Waals surface area contributed by atoms with E-state index < -0.39 is 5.97 Å². The van der Waals surface area contributed by atoms with E-state index in [1.54, 1.807) is 29.2 Å². The molecule has 0 radical (unpaired) electrons. The second kappa shape index (κ2) is 6.52. The first kappa shape index (κ1) is 16.5. The lowest BCUT2D eigenvalue weighted by molar-refractivity contribution is 0.0693. The number of carbonyl (C=O) groups is 2. The Morgan fingerprint density at radius 3 is 1.78 bits per heavy atom. The van der Waals surface area contributed by atoms with Gasteiger partial charge >= 0.3 is 5.97 Å². The molecule has 5 nitrogen and oxygen atoms in total. The van der Waals surface area contributed by atoms with Crippen LogP contribution in [0.1, 0.15) is 26.3 Å². The van der Waals surface area contributed by atoms with Crippen molar-refractivity contribution < 1.29 is 14.7 Å². The Bertz CT molecular complexity index is 734. The maximum atomic E-state index is 12.6. The van der Waals surface area contributed by atoms with Crippen LogP contribution >= 0.6 is 0 Å². The number of nitrogens with zero attached hydrogens (tertiary/aromatic N) is 2. The Morgan fingerprint density at radius 1 is 0.783 bits per heavy atom. The summed E-state index contributed by atoms with van der Waals surface area (Å²) in [4.78, 5) is 27.9. The van der Waals surface area contributed by atoms with E-state index in [-0.39, 0.29) is 16.9 Å². The van der Waals surface area contributed by atoms with Crippen LogP contribution in [0.25, 0.3) is 0 Å². The van der Waals surface area contributed by atoms with E-state index in [1.165, 1.54) is 6.07 Å². The molecule has 0 unspecified atom stereocenters. The molecule has 0 aliphatic heterocycles. The van der Waals surface area contributed by atoms with Gasteiger partial charge in [0, 0.05) is 50.7 Å². The van der Waals surface area contributed by atoms with E-state index in [0.29, 0.717) is 5.56 Å². The predicted molar refractivity (Wildman–Crippen MR) is 91.9 cm³/mol. The van der Waals surface area contributed by atoms with Gasteiger partial charge in [0.15, 0.2) is 5.78 Å². The van der Waals surface area contributed by atoms with Crippen LogP contribution < -0.4 is 9.80 Å². The number of hydrogen-bond acceptors (Lipinski definition) is 4. The minimum atomic E-state index is -1.11. The summed E-state index contributed by atoms with van der Waals surface area (Å²) < 4.78 is 0. The number of anilines is 2. The van der Waals surface area contributed by atoms with E-state index >= 15 is 0 Å². The van der Waals surface area contributed by atoms with Gasteiger partial charge in [-0.2, -0.15) is 0 Å². The smallest absolute Gasteiger partial charge is 0.336 e. The summed E-state index contributed by atoms with van der Waals surface area (Å²) in [6.07, 6.45) is 0. The second-order valence-electron chi connectivity index (χ2n) is 5.70. The summed E-state index contributed by atoms with van der Waals surface area (Å²) in [6.45, 7) is 0. The molecule has 0 heterocycles. The van der Waals surface area contributed by atoms with Gasteiger partial charge in [-0.3, -0.25) is 4.79 Å². The van der Waals surface area contributed by atoms with E-state index in [1.807, 2.05) is 45.2 Å². The summed E-state index contributed by atoms with van der Waals surface area (Å²) in [5.41, 5.74) is 2.39. The number of aromatic carboxylic acids is 1. The number of carbonyl (C=O) groups excluding carboxylic acids is 1. The highest BCUT2D eigenvalue weighted by atomic mass is 16.4. The molecule has 0 amide bonds. The van der Waals surface area contributed by atoms with Crippen LogP contribution in [0.15, 0.2) is 42.5 Å². The largest absolute Gasteiger partial charge is 0.478 e. The lowest BCUT2D eigenvalue weighted by Crippen LogP contribution is -2.14. The van der Waals surface area contributed by atoms with Crippen LogP contribution in [0.2, 0.25) is 0 Å². The third-order valence-corrected chi connectivity index (χ3v) is 3.64. The quantitative estimate of drug-likeness (QED) is 0.860. The zero-order valence-corrected chi connectivity index (χ0v) is 13.7. The second-order valence-corrected chi connectivity index (χ2v) is 5.70. The highest BCUT2D eigenvalue weighted by molar-refractivity contribution is 6.14. The number of rotatable bonds is 5. The van der Waals surface area contributed by atoms with E-state index in [4.69, 9.17) is 0 Å². The predicted octanol–water partition coefficient (Wildman–Crippen LogP) is 2.75. The van der Waals surface area contributed by atoms with Gasteiger partial charge in [-0.15, -0.1) is 0 Å². The van der Waals surface area contributed by atoms with Crippen molar-refractivity contribution in [2.24, 2.45) is 0 Å². The van der Waals surface area contributed by atoms with Crippen molar-refractivity contribution in [1.29, 1.82) is 0 Å². The lowest BCUT2D eigenvalue weighted by Gasteiger charge is -2.15. The molecule has 0 saturated heterocycles. The first-order valence-corrected chi connectivity index (χ1v) is 7.18. The number of ketones is 1.